The summed E-state index contributed by atoms with van der Waals surface area (Å²) in [5, 5.41) is 0. The molecule has 0 unspecified atom stereocenters. The second-order valence-corrected chi connectivity index (χ2v) is 3.33. The molecule has 2 rings (SSSR count). The fourth-order valence-corrected chi connectivity index (χ4v) is 1.29. The lowest BCUT2D eigenvalue weighted by Gasteiger charge is -2.08. The number of pyridine rings is 1. The molecule has 98 valence electrons. The Morgan fingerprint density at radius 3 is 2.39 bits per heavy atom. The van der Waals surface area contributed by atoms with Crippen LogP contribution in [0.3, 0.4) is 0 Å². The Kier molecular flexibility index (Phi) is 7.08. The number of nitrogens with zero attached hydrogens (tertiary/aromatic N) is 1. The molecule has 6 heteroatoms. The Bertz CT molecular complexity index is 483. The molecular formula is C12H13Cl2FN2O. The average molecular weight is 291 g/mol. The van der Waals surface area contributed by atoms with Gasteiger partial charge in [0, 0.05) is 18.5 Å². The molecule has 0 aliphatic carbocycles. The third-order valence-corrected chi connectivity index (χ3v) is 2.12. The van der Waals surface area contributed by atoms with Gasteiger partial charge in [0.1, 0.15) is 18.2 Å². The number of aromatic nitrogens is 1. The van der Waals surface area contributed by atoms with Crippen LogP contribution in [0.15, 0.2) is 42.7 Å². The fraction of sp³-hybridized carbons (Fsp3) is 0.0833. The second-order valence-electron chi connectivity index (χ2n) is 3.33. The van der Waals surface area contributed by atoms with Gasteiger partial charge in [-0.05, 0) is 29.8 Å². The molecule has 0 saturated heterocycles. The highest BCUT2D eigenvalue weighted by atomic mass is 35.5. The van der Waals surface area contributed by atoms with Gasteiger partial charge in [-0.3, -0.25) is 4.98 Å². The Morgan fingerprint density at radius 1 is 1.11 bits per heavy atom. The molecule has 0 fully saturated rings. The number of benzene rings is 1. The van der Waals surface area contributed by atoms with E-state index in [-0.39, 0.29) is 30.6 Å². The van der Waals surface area contributed by atoms with Crippen molar-refractivity contribution in [3.8, 4) is 5.75 Å². The Labute approximate surface area is 117 Å². The van der Waals surface area contributed by atoms with Crippen LogP contribution in [0.5, 0.6) is 5.75 Å². The van der Waals surface area contributed by atoms with E-state index in [0.29, 0.717) is 18.0 Å². The predicted molar refractivity (Wildman–Crippen MR) is 73.9 cm³/mol. The summed E-state index contributed by atoms with van der Waals surface area (Å²) in [4.78, 5) is 3.90. The first kappa shape index (κ1) is 16.5. The van der Waals surface area contributed by atoms with Crippen LogP contribution in [0.25, 0.3) is 0 Å². The van der Waals surface area contributed by atoms with Crippen molar-refractivity contribution in [3.63, 3.8) is 0 Å². The molecule has 2 aromatic rings. The van der Waals surface area contributed by atoms with Gasteiger partial charge < -0.3 is 10.5 Å². The van der Waals surface area contributed by atoms with Gasteiger partial charge >= 0.3 is 0 Å². The summed E-state index contributed by atoms with van der Waals surface area (Å²) < 4.78 is 18.2. The molecule has 0 saturated carbocycles. The Morgan fingerprint density at radius 2 is 1.78 bits per heavy atom. The molecule has 3 nitrogen and oxygen atoms in total. The smallest absolute Gasteiger partial charge is 0.142 e. The third-order valence-electron chi connectivity index (χ3n) is 2.12. The zero-order valence-electron chi connectivity index (χ0n) is 9.38. The van der Waals surface area contributed by atoms with Crippen LogP contribution in [0.1, 0.15) is 5.56 Å². The van der Waals surface area contributed by atoms with E-state index >= 15 is 0 Å². The topological polar surface area (TPSA) is 48.1 Å². The molecule has 0 aliphatic rings. The zero-order chi connectivity index (χ0) is 11.4. The minimum atomic E-state index is -0.367. The minimum absolute atomic E-state index is 0. The van der Waals surface area contributed by atoms with Gasteiger partial charge in [-0.15, -0.1) is 24.8 Å². The summed E-state index contributed by atoms with van der Waals surface area (Å²) in [6.07, 6.45) is 3.37. The maximum absolute atomic E-state index is 12.8. The maximum atomic E-state index is 12.8. The number of rotatable bonds is 3. The molecule has 2 N–H and O–H groups in total. The normalized spacial score (nSPS) is 8.94. The molecule has 1 heterocycles. The number of nitrogens with two attached hydrogens (primary N) is 1. The van der Waals surface area contributed by atoms with E-state index in [0.717, 1.165) is 5.56 Å². The summed E-state index contributed by atoms with van der Waals surface area (Å²) >= 11 is 0. The number of nitrogen functional groups attached to an aromatic ring is 1. The molecule has 18 heavy (non-hydrogen) atoms. The lowest BCUT2D eigenvalue weighted by Crippen LogP contribution is -1.99. The zero-order valence-corrected chi connectivity index (χ0v) is 11.0. The van der Waals surface area contributed by atoms with E-state index in [9.17, 15) is 4.39 Å². The van der Waals surface area contributed by atoms with Crippen molar-refractivity contribution in [2.75, 3.05) is 5.73 Å². The van der Waals surface area contributed by atoms with Crippen LogP contribution in [0, 0.1) is 5.82 Å². The Balaban J connectivity index is 0.00000144. The van der Waals surface area contributed by atoms with Crippen molar-refractivity contribution >= 4 is 30.5 Å². The molecular weight excluding hydrogens is 278 g/mol. The van der Waals surface area contributed by atoms with Gasteiger partial charge in [-0.25, -0.2) is 4.39 Å². The van der Waals surface area contributed by atoms with E-state index < -0.39 is 0 Å². The lowest BCUT2D eigenvalue weighted by atomic mass is 10.2. The van der Waals surface area contributed by atoms with E-state index in [1.807, 2.05) is 12.1 Å². The van der Waals surface area contributed by atoms with Crippen molar-refractivity contribution in [2.45, 2.75) is 6.61 Å². The van der Waals surface area contributed by atoms with Crippen molar-refractivity contribution < 1.29 is 9.13 Å². The first-order valence-corrected chi connectivity index (χ1v) is 4.82. The van der Waals surface area contributed by atoms with Crippen molar-refractivity contribution in [1.82, 2.24) is 4.98 Å². The summed E-state index contributed by atoms with van der Waals surface area (Å²) in [7, 11) is 0. The van der Waals surface area contributed by atoms with Crippen LogP contribution in [-0.4, -0.2) is 4.98 Å². The van der Waals surface area contributed by atoms with Gasteiger partial charge in [0.2, 0.25) is 0 Å². The molecule has 0 spiro atoms. The summed E-state index contributed by atoms with van der Waals surface area (Å²) in [5.41, 5.74) is 6.89. The minimum Gasteiger partial charge on any atom is -0.487 e. The highest BCUT2D eigenvalue weighted by Crippen LogP contribution is 2.22. The van der Waals surface area contributed by atoms with Gasteiger partial charge in [-0.1, -0.05) is 0 Å². The van der Waals surface area contributed by atoms with Crippen molar-refractivity contribution in [2.24, 2.45) is 0 Å². The highest BCUT2D eigenvalue weighted by Gasteiger charge is 2.02. The van der Waals surface area contributed by atoms with Gasteiger partial charge in [-0.2, -0.15) is 0 Å². The van der Waals surface area contributed by atoms with Crippen LogP contribution in [0.4, 0.5) is 10.1 Å². The van der Waals surface area contributed by atoms with Crippen molar-refractivity contribution in [1.29, 1.82) is 0 Å². The first-order chi connectivity index (χ1) is 7.75. The lowest BCUT2D eigenvalue weighted by molar-refractivity contribution is 0.307. The summed E-state index contributed by atoms with van der Waals surface area (Å²) in [6.45, 7) is 0.387. The van der Waals surface area contributed by atoms with Gasteiger partial charge in [0.25, 0.3) is 0 Å². The van der Waals surface area contributed by atoms with Crippen LogP contribution < -0.4 is 10.5 Å². The third kappa shape index (κ3) is 4.39. The van der Waals surface area contributed by atoms with Crippen molar-refractivity contribution in [3.05, 3.63) is 54.1 Å². The van der Waals surface area contributed by atoms with Crippen LogP contribution >= 0.6 is 24.8 Å². The van der Waals surface area contributed by atoms with Gasteiger partial charge in [0.05, 0.1) is 5.69 Å². The van der Waals surface area contributed by atoms with E-state index in [2.05, 4.69) is 4.98 Å². The van der Waals surface area contributed by atoms with E-state index in [1.54, 1.807) is 12.4 Å². The number of ether oxygens (including phenoxy) is 1. The number of hydrogen-bond acceptors (Lipinski definition) is 3. The highest BCUT2D eigenvalue weighted by molar-refractivity contribution is 5.85. The van der Waals surface area contributed by atoms with Gasteiger partial charge in [0.15, 0.2) is 0 Å². The monoisotopic (exact) mass is 290 g/mol. The SMILES string of the molecule is Cl.Cl.Nc1cc(F)ccc1OCc1ccncc1. The Hall–Kier alpha value is -1.52. The fourth-order valence-electron chi connectivity index (χ4n) is 1.29. The molecule has 0 atom stereocenters. The number of anilines is 1. The summed E-state index contributed by atoms with van der Waals surface area (Å²) in [6, 6.07) is 7.77. The molecule has 1 aromatic heterocycles. The standard InChI is InChI=1S/C12H11FN2O.2ClH/c13-10-1-2-12(11(14)7-10)16-8-9-3-5-15-6-4-9;;/h1-7H,8,14H2;2*1H. The maximum Gasteiger partial charge on any atom is 0.142 e. The summed E-state index contributed by atoms with van der Waals surface area (Å²) in [5.74, 6) is 0.118. The second kappa shape index (κ2) is 7.74. The van der Waals surface area contributed by atoms with Crippen LogP contribution in [-0.2, 0) is 6.61 Å². The average Bonchev–Trinajstić information content (AvgIpc) is 2.29. The van der Waals surface area contributed by atoms with E-state index in [4.69, 9.17) is 10.5 Å². The molecule has 0 aliphatic heterocycles. The quantitative estimate of drug-likeness (QED) is 0.883. The number of halogens is 3. The predicted octanol–water partition coefficient (Wildman–Crippen LogP) is 3.23. The molecule has 0 amide bonds. The van der Waals surface area contributed by atoms with E-state index in [1.165, 1.54) is 18.2 Å². The molecule has 0 radical (unpaired) electrons. The van der Waals surface area contributed by atoms with Crippen LogP contribution in [0.2, 0.25) is 0 Å². The molecule has 0 bridgehead atoms. The largest absolute Gasteiger partial charge is 0.487 e. The first-order valence-electron chi connectivity index (χ1n) is 4.82. The molecule has 1 aromatic carbocycles. The number of hydrogen-bond donors (Lipinski definition) is 1.